The van der Waals surface area contributed by atoms with Crippen molar-refractivity contribution in [3.63, 3.8) is 0 Å². The fourth-order valence-electron chi connectivity index (χ4n) is 2.64. The van der Waals surface area contributed by atoms with E-state index in [0.29, 0.717) is 17.3 Å². The number of rotatable bonds is 5. The highest BCUT2D eigenvalue weighted by atomic mass is 32.2. The molecule has 0 aliphatic carbocycles. The maximum absolute atomic E-state index is 12.1. The fraction of sp³-hybridized carbons (Fsp3) is 0.0476. The van der Waals surface area contributed by atoms with E-state index in [4.69, 9.17) is 10.2 Å². The molecular weight excluding hydrogens is 358 g/mol. The van der Waals surface area contributed by atoms with E-state index in [1.54, 1.807) is 0 Å². The summed E-state index contributed by atoms with van der Waals surface area (Å²) in [6, 6.07) is 22.6. The number of hydrogen-bond acceptors (Lipinski definition) is 5. The van der Waals surface area contributed by atoms with Crippen LogP contribution in [-0.4, -0.2) is 16.6 Å². The highest BCUT2D eigenvalue weighted by molar-refractivity contribution is 8.00. The molecule has 4 rings (SSSR count). The Balaban J connectivity index is 1.39. The number of benzene rings is 3. The van der Waals surface area contributed by atoms with Gasteiger partial charge < -0.3 is 15.5 Å². The van der Waals surface area contributed by atoms with Gasteiger partial charge in [-0.1, -0.05) is 18.2 Å². The van der Waals surface area contributed by atoms with Gasteiger partial charge in [0.15, 0.2) is 5.58 Å². The number of nitrogen functional groups attached to an aromatic ring is 1. The van der Waals surface area contributed by atoms with Crippen LogP contribution in [0.4, 0.5) is 11.4 Å². The maximum atomic E-state index is 12.1. The molecule has 1 aromatic heterocycles. The lowest BCUT2D eigenvalue weighted by Gasteiger charge is -2.06. The Kier molecular flexibility index (Phi) is 4.80. The lowest BCUT2D eigenvalue weighted by molar-refractivity contribution is -0.113. The topological polar surface area (TPSA) is 81.2 Å². The molecule has 3 aromatic carbocycles. The van der Waals surface area contributed by atoms with E-state index in [1.165, 1.54) is 11.8 Å². The first kappa shape index (κ1) is 17.2. The molecule has 27 heavy (non-hydrogen) atoms. The average Bonchev–Trinajstić information content (AvgIpc) is 3.11. The van der Waals surface area contributed by atoms with Crippen molar-refractivity contribution in [2.75, 3.05) is 16.8 Å². The molecule has 0 saturated carbocycles. The van der Waals surface area contributed by atoms with Crippen molar-refractivity contribution < 1.29 is 9.21 Å². The van der Waals surface area contributed by atoms with Crippen LogP contribution in [0.5, 0.6) is 0 Å². The Morgan fingerprint density at radius 3 is 2.63 bits per heavy atom. The molecule has 134 valence electrons. The number of anilines is 2. The molecule has 0 atom stereocenters. The highest BCUT2D eigenvalue weighted by Crippen LogP contribution is 2.25. The van der Waals surface area contributed by atoms with Crippen LogP contribution in [0.25, 0.3) is 22.6 Å². The van der Waals surface area contributed by atoms with Gasteiger partial charge in [-0.15, -0.1) is 11.8 Å². The van der Waals surface area contributed by atoms with Crippen LogP contribution in [0.15, 0.2) is 82.1 Å². The molecule has 0 spiro atoms. The minimum atomic E-state index is -0.0722. The molecule has 0 aliphatic rings. The third kappa shape index (κ3) is 4.12. The van der Waals surface area contributed by atoms with E-state index in [9.17, 15) is 4.79 Å². The number of nitrogens with two attached hydrogens (primary N) is 1. The number of carbonyl (C=O) groups is 1. The van der Waals surface area contributed by atoms with Crippen molar-refractivity contribution in [2.24, 2.45) is 0 Å². The van der Waals surface area contributed by atoms with Crippen LogP contribution in [0, 0.1) is 0 Å². The van der Waals surface area contributed by atoms with Gasteiger partial charge in [0.05, 0.1) is 5.75 Å². The summed E-state index contributed by atoms with van der Waals surface area (Å²) in [5.74, 6) is 0.805. The quantitative estimate of drug-likeness (QED) is 0.386. The largest absolute Gasteiger partial charge is 0.436 e. The van der Waals surface area contributed by atoms with Crippen LogP contribution >= 0.6 is 11.8 Å². The van der Waals surface area contributed by atoms with Crippen LogP contribution < -0.4 is 11.1 Å². The van der Waals surface area contributed by atoms with Crippen LogP contribution in [0.2, 0.25) is 0 Å². The molecule has 5 nitrogen and oxygen atoms in total. The van der Waals surface area contributed by atoms with E-state index in [0.717, 1.165) is 27.2 Å². The number of amides is 1. The molecule has 0 aliphatic heterocycles. The summed E-state index contributed by atoms with van der Waals surface area (Å²) in [6.45, 7) is 0. The lowest BCUT2D eigenvalue weighted by Crippen LogP contribution is -2.13. The predicted octanol–water partition coefficient (Wildman–Crippen LogP) is 4.81. The van der Waals surface area contributed by atoms with Crippen molar-refractivity contribution in [2.45, 2.75) is 4.90 Å². The standard InChI is InChI=1S/C21H17N3O2S/c22-15-4-3-5-17(12-15)27-13-20(25)23-16-10-8-14(9-11-16)21-24-18-6-1-2-7-19(18)26-21/h1-12H,13,22H2,(H,23,25). The highest BCUT2D eigenvalue weighted by Gasteiger charge is 2.09. The second kappa shape index (κ2) is 7.55. The van der Waals surface area contributed by atoms with Crippen LogP contribution in [-0.2, 0) is 4.79 Å². The van der Waals surface area contributed by atoms with Gasteiger partial charge in [0.1, 0.15) is 5.52 Å². The smallest absolute Gasteiger partial charge is 0.234 e. The molecule has 4 aromatic rings. The maximum Gasteiger partial charge on any atom is 0.234 e. The van der Waals surface area contributed by atoms with Gasteiger partial charge in [0.25, 0.3) is 0 Å². The Morgan fingerprint density at radius 1 is 1.04 bits per heavy atom. The van der Waals surface area contributed by atoms with Crippen molar-refractivity contribution in [3.8, 4) is 11.5 Å². The fourth-order valence-corrected chi connectivity index (χ4v) is 3.41. The molecule has 0 radical (unpaired) electrons. The third-order valence-electron chi connectivity index (χ3n) is 3.94. The molecule has 1 heterocycles. The molecule has 3 N–H and O–H groups in total. The van der Waals surface area contributed by atoms with Gasteiger partial charge in [-0.05, 0) is 54.6 Å². The number of hydrogen-bond donors (Lipinski definition) is 2. The first-order valence-corrected chi connectivity index (χ1v) is 9.40. The van der Waals surface area contributed by atoms with E-state index in [1.807, 2.05) is 72.8 Å². The molecule has 0 saturated heterocycles. The van der Waals surface area contributed by atoms with E-state index in [-0.39, 0.29) is 5.91 Å². The monoisotopic (exact) mass is 375 g/mol. The number of aromatic nitrogens is 1. The Hall–Kier alpha value is -3.25. The summed E-state index contributed by atoms with van der Waals surface area (Å²) in [4.78, 5) is 17.6. The number of para-hydroxylation sites is 2. The minimum absolute atomic E-state index is 0.0722. The Labute approximate surface area is 160 Å². The molecule has 1 amide bonds. The van der Waals surface area contributed by atoms with Gasteiger partial charge in [0, 0.05) is 21.8 Å². The summed E-state index contributed by atoms with van der Waals surface area (Å²) in [5, 5.41) is 2.89. The van der Waals surface area contributed by atoms with E-state index in [2.05, 4.69) is 10.3 Å². The van der Waals surface area contributed by atoms with Crippen molar-refractivity contribution in [1.29, 1.82) is 0 Å². The molecule has 0 unspecified atom stereocenters. The summed E-state index contributed by atoms with van der Waals surface area (Å²) >= 11 is 1.45. The summed E-state index contributed by atoms with van der Waals surface area (Å²) in [6.07, 6.45) is 0. The number of carbonyl (C=O) groups excluding carboxylic acids is 1. The number of thioether (sulfide) groups is 1. The zero-order chi connectivity index (χ0) is 18.6. The zero-order valence-electron chi connectivity index (χ0n) is 14.4. The zero-order valence-corrected chi connectivity index (χ0v) is 15.2. The number of nitrogens with one attached hydrogen (secondary N) is 1. The first-order valence-electron chi connectivity index (χ1n) is 8.41. The summed E-state index contributed by atoms with van der Waals surface area (Å²) in [5.41, 5.74) is 9.60. The SMILES string of the molecule is Nc1cccc(SCC(=O)Nc2ccc(-c3nc4ccccc4o3)cc2)c1. The van der Waals surface area contributed by atoms with E-state index >= 15 is 0 Å². The Morgan fingerprint density at radius 2 is 1.85 bits per heavy atom. The van der Waals surface area contributed by atoms with Gasteiger partial charge in [-0.3, -0.25) is 4.79 Å². The van der Waals surface area contributed by atoms with Crippen LogP contribution in [0.3, 0.4) is 0 Å². The van der Waals surface area contributed by atoms with E-state index < -0.39 is 0 Å². The third-order valence-corrected chi connectivity index (χ3v) is 4.93. The van der Waals surface area contributed by atoms with Crippen LogP contribution in [0.1, 0.15) is 0 Å². The second-order valence-corrected chi connectivity index (χ2v) is 7.02. The van der Waals surface area contributed by atoms with Crippen molar-refractivity contribution in [1.82, 2.24) is 4.98 Å². The number of fused-ring (bicyclic) bond motifs is 1. The molecule has 0 fully saturated rings. The number of nitrogens with zero attached hydrogens (tertiary/aromatic N) is 1. The lowest BCUT2D eigenvalue weighted by atomic mass is 10.2. The van der Waals surface area contributed by atoms with Gasteiger partial charge in [-0.25, -0.2) is 4.98 Å². The molecular formula is C21H17N3O2S. The Bertz CT molecular complexity index is 1060. The van der Waals surface area contributed by atoms with Crippen molar-refractivity contribution >= 4 is 40.1 Å². The predicted molar refractivity (Wildman–Crippen MR) is 110 cm³/mol. The minimum Gasteiger partial charge on any atom is -0.436 e. The van der Waals surface area contributed by atoms with Gasteiger partial charge in [0.2, 0.25) is 11.8 Å². The summed E-state index contributed by atoms with van der Waals surface area (Å²) < 4.78 is 5.76. The average molecular weight is 375 g/mol. The normalized spacial score (nSPS) is 10.8. The van der Waals surface area contributed by atoms with Gasteiger partial charge >= 0.3 is 0 Å². The molecule has 0 bridgehead atoms. The van der Waals surface area contributed by atoms with Crippen molar-refractivity contribution in [3.05, 3.63) is 72.8 Å². The molecule has 6 heteroatoms. The summed E-state index contributed by atoms with van der Waals surface area (Å²) in [7, 11) is 0. The second-order valence-electron chi connectivity index (χ2n) is 5.97. The van der Waals surface area contributed by atoms with Gasteiger partial charge in [-0.2, -0.15) is 0 Å². The number of oxazole rings is 1. The first-order chi connectivity index (χ1) is 13.2.